The molecule has 0 spiro atoms. The van der Waals surface area contributed by atoms with Gasteiger partial charge in [0, 0.05) is 19.2 Å². The van der Waals surface area contributed by atoms with Gasteiger partial charge in [0.05, 0.1) is 12.5 Å². The van der Waals surface area contributed by atoms with E-state index in [9.17, 15) is 9.59 Å². The van der Waals surface area contributed by atoms with Crippen molar-refractivity contribution in [3.05, 3.63) is 0 Å². The number of urea groups is 1. The monoisotopic (exact) mass is 256 g/mol. The maximum Gasteiger partial charge on any atom is 0.315 e. The molecule has 1 saturated heterocycles. The Morgan fingerprint density at radius 1 is 1.33 bits per heavy atom. The zero-order valence-corrected chi connectivity index (χ0v) is 10.4. The summed E-state index contributed by atoms with van der Waals surface area (Å²) in [5, 5.41) is 14.3. The Balaban J connectivity index is 1.68. The summed E-state index contributed by atoms with van der Waals surface area (Å²) in [6, 6.07) is -0.532. The zero-order valence-electron chi connectivity index (χ0n) is 10.4. The van der Waals surface area contributed by atoms with Crippen LogP contribution in [0.25, 0.3) is 0 Å². The van der Waals surface area contributed by atoms with E-state index < -0.39 is 5.97 Å². The minimum atomic E-state index is -0.869. The molecule has 1 aliphatic heterocycles. The number of rotatable bonds is 6. The van der Waals surface area contributed by atoms with Gasteiger partial charge < -0.3 is 20.5 Å². The van der Waals surface area contributed by atoms with Crippen molar-refractivity contribution in [2.24, 2.45) is 5.92 Å². The first kappa shape index (κ1) is 13.1. The van der Waals surface area contributed by atoms with Gasteiger partial charge >= 0.3 is 12.0 Å². The molecule has 2 atom stereocenters. The van der Waals surface area contributed by atoms with E-state index in [2.05, 4.69) is 10.6 Å². The lowest BCUT2D eigenvalue weighted by atomic mass is 10.1. The number of hydrogen-bond acceptors (Lipinski definition) is 3. The van der Waals surface area contributed by atoms with Crippen LogP contribution in [-0.2, 0) is 9.53 Å². The van der Waals surface area contributed by atoms with Gasteiger partial charge in [-0.05, 0) is 31.6 Å². The fraction of sp³-hybridized carbons (Fsp3) is 0.833. The Labute approximate surface area is 106 Å². The number of amides is 2. The Hall–Kier alpha value is -1.30. The third-order valence-electron chi connectivity index (χ3n) is 3.42. The molecule has 0 bridgehead atoms. The lowest BCUT2D eigenvalue weighted by Gasteiger charge is -2.18. The number of hydrogen-bond donors (Lipinski definition) is 3. The fourth-order valence-electron chi connectivity index (χ4n) is 2.25. The highest BCUT2D eigenvalue weighted by Crippen LogP contribution is 2.33. The molecule has 102 valence electrons. The molecule has 0 aromatic heterocycles. The average Bonchev–Trinajstić information content (AvgIpc) is 3.02. The highest BCUT2D eigenvalue weighted by atomic mass is 16.5. The van der Waals surface area contributed by atoms with Gasteiger partial charge in [0.25, 0.3) is 0 Å². The van der Waals surface area contributed by atoms with E-state index in [0.29, 0.717) is 12.5 Å². The van der Waals surface area contributed by atoms with Crippen molar-refractivity contribution in [1.29, 1.82) is 0 Å². The van der Waals surface area contributed by atoms with Gasteiger partial charge in [-0.2, -0.15) is 0 Å². The van der Waals surface area contributed by atoms with Gasteiger partial charge in [-0.3, -0.25) is 4.79 Å². The molecule has 18 heavy (non-hydrogen) atoms. The second-order valence-electron chi connectivity index (χ2n) is 5.03. The van der Waals surface area contributed by atoms with E-state index in [-0.39, 0.29) is 24.6 Å². The summed E-state index contributed by atoms with van der Waals surface area (Å²) in [4.78, 5) is 22.4. The minimum Gasteiger partial charge on any atom is -0.481 e. The van der Waals surface area contributed by atoms with Crippen LogP contribution in [0.2, 0.25) is 0 Å². The lowest BCUT2D eigenvalue weighted by Crippen LogP contribution is -2.46. The van der Waals surface area contributed by atoms with Crippen LogP contribution in [0.4, 0.5) is 4.79 Å². The molecular weight excluding hydrogens is 236 g/mol. The highest BCUT2D eigenvalue weighted by Gasteiger charge is 2.33. The van der Waals surface area contributed by atoms with Crippen LogP contribution in [0.1, 0.15) is 32.1 Å². The molecule has 2 amide bonds. The van der Waals surface area contributed by atoms with Crippen molar-refractivity contribution in [2.45, 2.75) is 44.2 Å². The summed E-state index contributed by atoms with van der Waals surface area (Å²) in [7, 11) is 0. The van der Waals surface area contributed by atoms with Crippen molar-refractivity contribution in [1.82, 2.24) is 10.6 Å². The molecule has 6 nitrogen and oxygen atoms in total. The third-order valence-corrected chi connectivity index (χ3v) is 3.42. The number of aliphatic carboxylic acids is 1. The maximum atomic E-state index is 11.7. The molecule has 3 N–H and O–H groups in total. The molecule has 0 aromatic rings. The number of carbonyl (C=O) groups is 2. The van der Waals surface area contributed by atoms with E-state index >= 15 is 0 Å². The molecule has 0 aromatic carbocycles. The van der Waals surface area contributed by atoms with Gasteiger partial charge in [0.2, 0.25) is 0 Å². The predicted octanol–water partition coefficient (Wildman–Crippen LogP) is 0.718. The van der Waals surface area contributed by atoms with Crippen LogP contribution >= 0.6 is 0 Å². The highest BCUT2D eigenvalue weighted by molar-refractivity contribution is 5.75. The van der Waals surface area contributed by atoms with Crippen molar-refractivity contribution in [2.75, 3.05) is 13.2 Å². The maximum absolute atomic E-state index is 11.7. The SMILES string of the molecule is O=C(O)CC(NC(=O)NCC1CCCO1)C1CC1. The Morgan fingerprint density at radius 2 is 2.11 bits per heavy atom. The molecule has 6 heteroatoms. The van der Waals surface area contributed by atoms with Crippen molar-refractivity contribution < 1.29 is 19.4 Å². The first-order valence-electron chi connectivity index (χ1n) is 6.53. The largest absolute Gasteiger partial charge is 0.481 e. The van der Waals surface area contributed by atoms with Crippen LogP contribution in [-0.4, -0.2) is 42.4 Å². The van der Waals surface area contributed by atoms with Crippen molar-refractivity contribution >= 4 is 12.0 Å². The van der Waals surface area contributed by atoms with E-state index in [0.717, 1.165) is 32.3 Å². The summed E-state index contributed by atoms with van der Waals surface area (Å²) >= 11 is 0. The van der Waals surface area contributed by atoms with Gasteiger partial charge in [0.1, 0.15) is 0 Å². The van der Waals surface area contributed by atoms with Gasteiger partial charge in [0.15, 0.2) is 0 Å². The topological polar surface area (TPSA) is 87.7 Å². The summed E-state index contributed by atoms with van der Waals surface area (Å²) in [5.74, 6) is -0.541. The smallest absolute Gasteiger partial charge is 0.315 e. The van der Waals surface area contributed by atoms with Crippen LogP contribution < -0.4 is 10.6 Å². The quantitative estimate of drug-likeness (QED) is 0.653. The van der Waals surface area contributed by atoms with E-state index in [1.165, 1.54) is 0 Å². The number of carboxylic acids is 1. The second kappa shape index (κ2) is 6.04. The van der Waals surface area contributed by atoms with Crippen molar-refractivity contribution in [3.8, 4) is 0 Å². The first-order valence-corrected chi connectivity index (χ1v) is 6.53. The van der Waals surface area contributed by atoms with Crippen LogP contribution in [0.15, 0.2) is 0 Å². The van der Waals surface area contributed by atoms with Gasteiger partial charge in [-0.25, -0.2) is 4.79 Å². The number of ether oxygens (including phenoxy) is 1. The minimum absolute atomic E-state index is 0.00197. The predicted molar refractivity (Wildman–Crippen MR) is 64.3 cm³/mol. The van der Waals surface area contributed by atoms with Crippen LogP contribution in [0.3, 0.4) is 0 Å². The summed E-state index contributed by atoms with van der Waals surface area (Å²) in [5.41, 5.74) is 0. The molecule has 1 aliphatic carbocycles. The number of carbonyl (C=O) groups excluding carboxylic acids is 1. The fourth-order valence-corrected chi connectivity index (χ4v) is 2.25. The van der Waals surface area contributed by atoms with Gasteiger partial charge in [-0.15, -0.1) is 0 Å². The van der Waals surface area contributed by atoms with E-state index in [1.807, 2.05) is 0 Å². The molecule has 0 radical (unpaired) electrons. The van der Waals surface area contributed by atoms with E-state index in [4.69, 9.17) is 9.84 Å². The number of nitrogens with one attached hydrogen (secondary N) is 2. The summed E-state index contributed by atoms with van der Waals surface area (Å²) in [6.45, 7) is 1.26. The lowest BCUT2D eigenvalue weighted by molar-refractivity contribution is -0.137. The second-order valence-corrected chi connectivity index (χ2v) is 5.03. The first-order chi connectivity index (χ1) is 8.65. The third kappa shape index (κ3) is 4.18. The molecule has 1 saturated carbocycles. The Kier molecular flexibility index (Phi) is 4.41. The van der Waals surface area contributed by atoms with Crippen LogP contribution in [0, 0.1) is 5.92 Å². The Bertz CT molecular complexity index is 311. The zero-order chi connectivity index (χ0) is 13.0. The summed E-state index contributed by atoms with van der Waals surface area (Å²) < 4.78 is 5.40. The van der Waals surface area contributed by atoms with Crippen LogP contribution in [0.5, 0.6) is 0 Å². The standard InChI is InChI=1S/C12H20N2O4/c15-11(16)6-10(8-3-4-8)14-12(17)13-7-9-2-1-5-18-9/h8-10H,1-7H2,(H,15,16)(H2,13,14,17). The average molecular weight is 256 g/mol. The molecule has 2 aliphatic rings. The molecule has 1 heterocycles. The molecule has 2 rings (SSSR count). The number of carboxylic acid groups (broad SMARTS) is 1. The normalized spacial score (nSPS) is 24.6. The molecular formula is C12H20N2O4. The molecule has 2 unspecified atom stereocenters. The van der Waals surface area contributed by atoms with Gasteiger partial charge in [-0.1, -0.05) is 0 Å². The van der Waals surface area contributed by atoms with E-state index in [1.54, 1.807) is 0 Å². The molecule has 2 fully saturated rings. The van der Waals surface area contributed by atoms with Crippen molar-refractivity contribution in [3.63, 3.8) is 0 Å². The summed E-state index contributed by atoms with van der Waals surface area (Å²) in [6.07, 6.45) is 4.13. The Morgan fingerprint density at radius 3 is 2.67 bits per heavy atom.